The van der Waals surface area contributed by atoms with Gasteiger partial charge in [0.15, 0.2) is 0 Å². The first-order valence-corrected chi connectivity index (χ1v) is 9.95. The largest absolute Gasteiger partial charge is 0.481 e. The van der Waals surface area contributed by atoms with Crippen molar-refractivity contribution in [2.24, 2.45) is 0 Å². The maximum atomic E-state index is 9.76. The number of rotatable bonds is 12. The molecule has 0 spiro atoms. The zero-order valence-corrected chi connectivity index (χ0v) is 17.9. The second-order valence-electron chi connectivity index (χ2n) is 5.99. The molecule has 0 rings (SSSR count). The Morgan fingerprint density at radius 1 is 0.448 bits per heavy atom. The molecule has 29 heavy (non-hydrogen) atoms. The van der Waals surface area contributed by atoms with E-state index in [1.807, 2.05) is 27.7 Å². The van der Waals surface area contributed by atoms with E-state index in [9.17, 15) is 19.2 Å². The Morgan fingerprint density at radius 2 is 0.586 bits per heavy atom. The number of carboxylic acid groups (broad SMARTS) is 4. The Labute approximate surface area is 179 Å². The van der Waals surface area contributed by atoms with E-state index in [1.165, 1.54) is 0 Å². The molecule has 4 N–H and O–H groups in total. The summed E-state index contributed by atoms with van der Waals surface area (Å²) in [6.07, 6.45) is 8.33. The zero-order chi connectivity index (χ0) is 22.8. The molecule has 0 saturated carbocycles. The van der Waals surface area contributed by atoms with Crippen LogP contribution in [0.2, 0.25) is 0 Å². The van der Waals surface area contributed by atoms with Gasteiger partial charge in [0.2, 0.25) is 0 Å². The summed E-state index contributed by atoms with van der Waals surface area (Å²) in [6, 6.07) is 0. The molecular formula is C20H44O8Si. The van der Waals surface area contributed by atoms with Crippen molar-refractivity contribution in [1.29, 1.82) is 0 Å². The second kappa shape index (κ2) is 33.7. The summed E-state index contributed by atoms with van der Waals surface area (Å²) in [5.74, 6) is -2.77. The average molecular weight is 441 g/mol. The molecular weight excluding hydrogens is 396 g/mol. The molecule has 176 valence electrons. The first kappa shape index (κ1) is 37.8. The van der Waals surface area contributed by atoms with E-state index in [-0.39, 0.29) is 11.0 Å². The monoisotopic (exact) mass is 440 g/mol. The van der Waals surface area contributed by atoms with Gasteiger partial charge in [-0.25, -0.2) is 0 Å². The van der Waals surface area contributed by atoms with Crippen LogP contribution in [0.1, 0.15) is 105 Å². The van der Waals surface area contributed by atoms with Crippen LogP contribution in [0.25, 0.3) is 0 Å². The van der Waals surface area contributed by atoms with Gasteiger partial charge in [0.1, 0.15) is 0 Å². The summed E-state index contributed by atoms with van der Waals surface area (Å²) in [4.78, 5) is 39.0. The van der Waals surface area contributed by atoms with Gasteiger partial charge in [-0.05, 0) is 36.6 Å². The molecule has 9 heteroatoms. The van der Waals surface area contributed by atoms with Crippen molar-refractivity contribution in [2.75, 3.05) is 0 Å². The van der Waals surface area contributed by atoms with E-state index >= 15 is 0 Å². The SMILES string of the molecule is CCCCC(=O)O.CCCCC(=O)O.CCCCC(=O)O.CCCCC(=O)O.[SiH4]. The molecule has 0 unspecified atom stereocenters. The molecule has 0 aromatic carbocycles. The van der Waals surface area contributed by atoms with E-state index in [4.69, 9.17) is 20.4 Å². The van der Waals surface area contributed by atoms with E-state index in [0.29, 0.717) is 25.7 Å². The minimum Gasteiger partial charge on any atom is -0.481 e. The van der Waals surface area contributed by atoms with E-state index in [2.05, 4.69) is 0 Å². The van der Waals surface area contributed by atoms with Gasteiger partial charge in [-0.1, -0.05) is 53.4 Å². The minimum atomic E-state index is -0.693. The zero-order valence-electron chi connectivity index (χ0n) is 17.9. The molecule has 0 bridgehead atoms. The quantitative estimate of drug-likeness (QED) is 0.336. The first-order valence-electron chi connectivity index (χ1n) is 9.95. The van der Waals surface area contributed by atoms with Gasteiger partial charge < -0.3 is 20.4 Å². The number of hydrogen-bond acceptors (Lipinski definition) is 4. The van der Waals surface area contributed by atoms with Crippen molar-refractivity contribution in [1.82, 2.24) is 0 Å². The number of unbranched alkanes of at least 4 members (excludes halogenated alkanes) is 4. The Balaban J connectivity index is -0.0000000873. The van der Waals surface area contributed by atoms with E-state index < -0.39 is 23.9 Å². The van der Waals surface area contributed by atoms with Crippen molar-refractivity contribution in [3.8, 4) is 0 Å². The van der Waals surface area contributed by atoms with Crippen molar-refractivity contribution in [2.45, 2.75) is 105 Å². The smallest absolute Gasteiger partial charge is 0.303 e. The molecule has 0 aliphatic heterocycles. The third kappa shape index (κ3) is 76.3. The minimum absolute atomic E-state index is 0. The van der Waals surface area contributed by atoms with Crippen LogP contribution in [0.4, 0.5) is 0 Å². The Bertz CT molecular complexity index is 315. The predicted molar refractivity (Wildman–Crippen MR) is 120 cm³/mol. The van der Waals surface area contributed by atoms with Crippen LogP contribution >= 0.6 is 0 Å². The fraction of sp³-hybridized carbons (Fsp3) is 0.800. The third-order valence-corrected chi connectivity index (χ3v) is 2.98. The standard InChI is InChI=1S/4C5H10O2.H4Si/c4*1-2-3-4-5(6)7;/h4*2-4H2,1H3,(H,6,7);1H4. The lowest BCUT2D eigenvalue weighted by Crippen LogP contribution is -1.91. The number of hydrogen-bond donors (Lipinski definition) is 4. The van der Waals surface area contributed by atoms with Gasteiger partial charge in [0, 0.05) is 25.7 Å². The Hall–Kier alpha value is -1.90. The van der Waals surface area contributed by atoms with E-state index in [1.54, 1.807) is 0 Å². The number of aliphatic carboxylic acids is 4. The normalized spacial score (nSPS) is 8.41. The van der Waals surface area contributed by atoms with Crippen LogP contribution in [0.15, 0.2) is 0 Å². The fourth-order valence-corrected chi connectivity index (χ4v) is 1.31. The van der Waals surface area contributed by atoms with Gasteiger partial charge in [-0.15, -0.1) is 0 Å². The van der Waals surface area contributed by atoms with Gasteiger partial charge in [-0.2, -0.15) is 0 Å². The van der Waals surface area contributed by atoms with Crippen LogP contribution in [-0.2, 0) is 19.2 Å². The molecule has 0 aliphatic rings. The summed E-state index contributed by atoms with van der Waals surface area (Å²) in [7, 11) is 0. The second-order valence-corrected chi connectivity index (χ2v) is 5.99. The number of carboxylic acids is 4. The summed E-state index contributed by atoms with van der Waals surface area (Å²) < 4.78 is 0. The fourth-order valence-electron chi connectivity index (χ4n) is 1.31. The van der Waals surface area contributed by atoms with Crippen LogP contribution in [0.5, 0.6) is 0 Å². The predicted octanol–water partition coefficient (Wildman–Crippen LogP) is 3.59. The highest BCUT2D eigenvalue weighted by molar-refractivity contribution is 5.75. The Kier molecular flexibility index (Phi) is 43.9. The van der Waals surface area contributed by atoms with Gasteiger partial charge >= 0.3 is 23.9 Å². The maximum Gasteiger partial charge on any atom is 0.303 e. The van der Waals surface area contributed by atoms with Crippen molar-refractivity contribution in [3.63, 3.8) is 0 Å². The summed E-state index contributed by atoms with van der Waals surface area (Å²) in [5.41, 5.74) is 0. The first-order chi connectivity index (χ1) is 13.1. The highest BCUT2D eigenvalue weighted by Crippen LogP contribution is 1.92. The lowest BCUT2D eigenvalue weighted by atomic mass is 10.3. The molecule has 0 aromatic heterocycles. The molecule has 0 atom stereocenters. The van der Waals surface area contributed by atoms with Crippen LogP contribution in [0.3, 0.4) is 0 Å². The third-order valence-electron chi connectivity index (χ3n) is 2.98. The van der Waals surface area contributed by atoms with Crippen molar-refractivity contribution < 1.29 is 39.6 Å². The Morgan fingerprint density at radius 3 is 0.621 bits per heavy atom. The lowest BCUT2D eigenvalue weighted by Gasteiger charge is -1.85. The molecule has 0 aromatic rings. The molecule has 8 nitrogen and oxygen atoms in total. The van der Waals surface area contributed by atoms with Gasteiger partial charge in [0.25, 0.3) is 0 Å². The highest BCUT2D eigenvalue weighted by atomic mass is 28.1. The summed E-state index contributed by atoms with van der Waals surface area (Å²) in [5, 5.41) is 32.2. The lowest BCUT2D eigenvalue weighted by molar-refractivity contribution is -0.138. The maximum absolute atomic E-state index is 9.76. The number of carbonyl (C=O) groups is 4. The molecule has 0 fully saturated rings. The molecule has 0 amide bonds. The van der Waals surface area contributed by atoms with Crippen LogP contribution in [0, 0.1) is 0 Å². The summed E-state index contributed by atoms with van der Waals surface area (Å²) in [6.45, 7) is 7.90. The van der Waals surface area contributed by atoms with Gasteiger partial charge in [0.05, 0.1) is 0 Å². The van der Waals surface area contributed by atoms with E-state index in [0.717, 1.165) is 51.4 Å². The summed E-state index contributed by atoms with van der Waals surface area (Å²) >= 11 is 0. The van der Waals surface area contributed by atoms with Crippen molar-refractivity contribution >= 4 is 34.8 Å². The molecule has 0 heterocycles. The van der Waals surface area contributed by atoms with Crippen LogP contribution in [-0.4, -0.2) is 55.3 Å². The molecule has 0 radical (unpaired) electrons. The van der Waals surface area contributed by atoms with Crippen LogP contribution < -0.4 is 0 Å². The van der Waals surface area contributed by atoms with Crippen molar-refractivity contribution in [3.05, 3.63) is 0 Å². The molecule has 0 saturated heterocycles. The van der Waals surface area contributed by atoms with Gasteiger partial charge in [-0.3, -0.25) is 19.2 Å². The average Bonchev–Trinajstić information content (AvgIpc) is 2.62. The molecule has 0 aliphatic carbocycles. The highest BCUT2D eigenvalue weighted by Gasteiger charge is 1.92. The topological polar surface area (TPSA) is 149 Å².